The van der Waals surface area contributed by atoms with Gasteiger partial charge in [-0.15, -0.1) is 0 Å². The van der Waals surface area contributed by atoms with Crippen LogP contribution in [0.25, 0.3) is 0 Å². The monoisotopic (exact) mass is 245 g/mol. The van der Waals surface area contributed by atoms with E-state index < -0.39 is 0 Å². The molecule has 0 aliphatic carbocycles. The first-order chi connectivity index (χ1) is 8.79. The molecule has 0 saturated heterocycles. The van der Waals surface area contributed by atoms with Crippen molar-refractivity contribution in [3.05, 3.63) is 24.3 Å². The van der Waals surface area contributed by atoms with Crippen molar-refractivity contribution in [2.75, 3.05) is 13.2 Å². The van der Waals surface area contributed by atoms with Crippen molar-refractivity contribution in [2.45, 2.75) is 19.4 Å². The Kier molecular flexibility index (Phi) is 4.08. The lowest BCUT2D eigenvalue weighted by molar-refractivity contribution is -0.115. The van der Waals surface area contributed by atoms with Crippen molar-refractivity contribution in [1.29, 1.82) is 0 Å². The molecule has 1 amide bonds. The number of carbonyl (C=O) groups excluding carboxylic acids is 1. The highest BCUT2D eigenvalue weighted by molar-refractivity contribution is 5.93. The molecule has 0 bridgehead atoms. The molecular weight excluding hydrogens is 230 g/mol. The van der Waals surface area contributed by atoms with Gasteiger partial charge in [0.1, 0.15) is 12.7 Å². The Balaban J connectivity index is 1.79. The third kappa shape index (κ3) is 3.17. The largest absolute Gasteiger partial charge is 0.486 e. The number of hydrogen-bond donors (Lipinski definition) is 1. The number of carbonyl (C=O) groups is 1. The van der Waals surface area contributed by atoms with Crippen LogP contribution in [0.4, 0.5) is 0 Å². The zero-order valence-corrected chi connectivity index (χ0v) is 10.2. The second kappa shape index (κ2) is 5.97. The van der Waals surface area contributed by atoms with Crippen LogP contribution in [-0.4, -0.2) is 25.2 Å². The Morgan fingerprint density at radius 2 is 2.22 bits per heavy atom. The van der Waals surface area contributed by atoms with E-state index in [-0.39, 0.29) is 12.0 Å². The average Bonchev–Trinajstić information content (AvgIpc) is 2.39. The van der Waals surface area contributed by atoms with Crippen LogP contribution in [0.1, 0.15) is 13.3 Å². The van der Waals surface area contributed by atoms with Crippen molar-refractivity contribution < 1.29 is 14.3 Å². The second-order valence-corrected chi connectivity index (χ2v) is 3.92. The van der Waals surface area contributed by atoms with Crippen LogP contribution in [0.3, 0.4) is 0 Å². The fraction of sp³-hybridized carbons (Fsp3) is 0.357. The summed E-state index contributed by atoms with van der Waals surface area (Å²) in [4.78, 5) is 11.1. The highest BCUT2D eigenvalue weighted by Gasteiger charge is 2.20. The standard InChI is InChI=1S/C14H15NO3/c1-2-5-14(16)15-9-8-11-10-17-12-6-3-4-7-13(12)18-11/h3-4,6-7,11H,8-10H2,1H3,(H,15,16). The van der Waals surface area contributed by atoms with Gasteiger partial charge in [0, 0.05) is 13.0 Å². The molecule has 1 aliphatic rings. The third-order valence-corrected chi connectivity index (χ3v) is 2.56. The molecule has 0 fully saturated rings. The van der Waals surface area contributed by atoms with Crippen molar-refractivity contribution in [2.24, 2.45) is 0 Å². The molecule has 1 N–H and O–H groups in total. The number of nitrogens with one attached hydrogen (secondary N) is 1. The number of rotatable bonds is 3. The van der Waals surface area contributed by atoms with E-state index in [4.69, 9.17) is 9.47 Å². The van der Waals surface area contributed by atoms with E-state index in [1.165, 1.54) is 0 Å². The third-order valence-electron chi connectivity index (χ3n) is 2.56. The van der Waals surface area contributed by atoms with Crippen LogP contribution >= 0.6 is 0 Å². The van der Waals surface area contributed by atoms with E-state index in [2.05, 4.69) is 17.2 Å². The first-order valence-electron chi connectivity index (χ1n) is 5.88. The number of hydrogen-bond acceptors (Lipinski definition) is 3. The fourth-order valence-corrected chi connectivity index (χ4v) is 1.71. The predicted molar refractivity (Wildman–Crippen MR) is 67.4 cm³/mol. The van der Waals surface area contributed by atoms with Crippen LogP contribution < -0.4 is 14.8 Å². The Morgan fingerprint density at radius 1 is 1.44 bits per heavy atom. The highest BCUT2D eigenvalue weighted by atomic mass is 16.6. The van der Waals surface area contributed by atoms with Gasteiger partial charge >= 0.3 is 0 Å². The van der Waals surface area contributed by atoms with Gasteiger partial charge in [-0.1, -0.05) is 18.1 Å². The molecule has 0 spiro atoms. The molecule has 1 atom stereocenters. The van der Waals surface area contributed by atoms with E-state index in [0.29, 0.717) is 19.6 Å². The van der Waals surface area contributed by atoms with Gasteiger partial charge in [0.15, 0.2) is 11.5 Å². The van der Waals surface area contributed by atoms with Gasteiger partial charge in [0.05, 0.1) is 0 Å². The average molecular weight is 245 g/mol. The van der Waals surface area contributed by atoms with Gasteiger partial charge in [-0.2, -0.15) is 0 Å². The van der Waals surface area contributed by atoms with Crippen LogP contribution in [0.2, 0.25) is 0 Å². The van der Waals surface area contributed by atoms with E-state index in [1.54, 1.807) is 6.92 Å². The highest BCUT2D eigenvalue weighted by Crippen LogP contribution is 2.31. The zero-order chi connectivity index (χ0) is 12.8. The second-order valence-electron chi connectivity index (χ2n) is 3.92. The minimum absolute atomic E-state index is 0.0326. The predicted octanol–water partition coefficient (Wildman–Crippen LogP) is 1.36. The topological polar surface area (TPSA) is 47.6 Å². The van der Waals surface area contributed by atoms with Gasteiger partial charge < -0.3 is 14.8 Å². The van der Waals surface area contributed by atoms with Crippen molar-refractivity contribution in [3.8, 4) is 23.3 Å². The molecule has 4 nitrogen and oxygen atoms in total. The number of amides is 1. The molecule has 1 heterocycles. The number of para-hydroxylation sites is 2. The Bertz CT molecular complexity index is 487. The maximum Gasteiger partial charge on any atom is 0.295 e. The Hall–Kier alpha value is -2.15. The lowest BCUT2D eigenvalue weighted by atomic mass is 10.2. The lowest BCUT2D eigenvalue weighted by Gasteiger charge is -2.26. The fourth-order valence-electron chi connectivity index (χ4n) is 1.71. The van der Waals surface area contributed by atoms with E-state index in [1.807, 2.05) is 24.3 Å². The van der Waals surface area contributed by atoms with Gasteiger partial charge in [-0.3, -0.25) is 4.79 Å². The maximum atomic E-state index is 11.1. The molecule has 1 aromatic rings. The summed E-state index contributed by atoms with van der Waals surface area (Å²) in [7, 11) is 0. The molecule has 1 aliphatic heterocycles. The molecule has 18 heavy (non-hydrogen) atoms. The summed E-state index contributed by atoms with van der Waals surface area (Å²) in [5.74, 6) is 6.25. The molecule has 4 heteroatoms. The van der Waals surface area contributed by atoms with Crippen molar-refractivity contribution >= 4 is 5.91 Å². The first-order valence-corrected chi connectivity index (χ1v) is 5.88. The van der Waals surface area contributed by atoms with Gasteiger partial charge in [-0.05, 0) is 25.0 Å². The first kappa shape index (κ1) is 12.3. The summed E-state index contributed by atoms with van der Waals surface area (Å²) < 4.78 is 11.3. The SMILES string of the molecule is CC#CC(=O)NCCC1COc2ccccc2O1. The molecule has 0 saturated carbocycles. The molecular formula is C14H15NO3. The van der Waals surface area contributed by atoms with Crippen molar-refractivity contribution in [1.82, 2.24) is 5.32 Å². The molecule has 1 aromatic carbocycles. The Morgan fingerprint density at radius 3 is 3.00 bits per heavy atom. The molecule has 0 aromatic heterocycles. The van der Waals surface area contributed by atoms with Crippen molar-refractivity contribution in [3.63, 3.8) is 0 Å². The quantitative estimate of drug-likeness (QED) is 0.818. The minimum atomic E-state index is -0.255. The van der Waals surface area contributed by atoms with Crippen LogP contribution in [-0.2, 0) is 4.79 Å². The van der Waals surface area contributed by atoms with Crippen LogP contribution in [0.15, 0.2) is 24.3 Å². The van der Waals surface area contributed by atoms with E-state index >= 15 is 0 Å². The smallest absolute Gasteiger partial charge is 0.295 e. The maximum absolute atomic E-state index is 11.1. The van der Waals surface area contributed by atoms with Crippen LogP contribution in [0, 0.1) is 11.8 Å². The van der Waals surface area contributed by atoms with E-state index in [9.17, 15) is 4.79 Å². The van der Waals surface area contributed by atoms with Gasteiger partial charge in [-0.25, -0.2) is 0 Å². The van der Waals surface area contributed by atoms with Gasteiger partial charge in [0.2, 0.25) is 0 Å². The molecule has 94 valence electrons. The molecule has 1 unspecified atom stereocenters. The Labute approximate surface area is 106 Å². The van der Waals surface area contributed by atoms with Crippen LogP contribution in [0.5, 0.6) is 11.5 Å². The summed E-state index contributed by atoms with van der Waals surface area (Å²) in [5, 5.41) is 2.71. The normalized spacial score (nSPS) is 16.4. The zero-order valence-electron chi connectivity index (χ0n) is 10.2. The van der Waals surface area contributed by atoms with Gasteiger partial charge in [0.25, 0.3) is 5.91 Å². The summed E-state index contributed by atoms with van der Waals surface area (Å²) in [6.07, 6.45) is 0.667. The number of fused-ring (bicyclic) bond motifs is 1. The number of benzene rings is 1. The molecule has 0 radical (unpaired) electrons. The summed E-state index contributed by atoms with van der Waals surface area (Å²) in [6.45, 7) is 2.67. The minimum Gasteiger partial charge on any atom is -0.486 e. The summed E-state index contributed by atoms with van der Waals surface area (Å²) in [5.41, 5.74) is 0. The van der Waals surface area contributed by atoms with E-state index in [0.717, 1.165) is 11.5 Å². The molecule has 2 rings (SSSR count). The lowest BCUT2D eigenvalue weighted by Crippen LogP contribution is -2.33. The number of ether oxygens (including phenoxy) is 2. The summed E-state index contributed by atoms with van der Waals surface area (Å²) >= 11 is 0. The summed E-state index contributed by atoms with van der Waals surface area (Å²) in [6, 6.07) is 7.57.